The van der Waals surface area contributed by atoms with E-state index < -0.39 is 0 Å². The molecule has 1 atom stereocenters. The minimum Gasteiger partial charge on any atom is -0.497 e. The summed E-state index contributed by atoms with van der Waals surface area (Å²) < 4.78 is 10.6. The van der Waals surface area contributed by atoms with Gasteiger partial charge in [-0.2, -0.15) is 0 Å². The van der Waals surface area contributed by atoms with Gasteiger partial charge in [-0.3, -0.25) is 9.59 Å². The maximum Gasteiger partial charge on any atom is 0.255 e. The van der Waals surface area contributed by atoms with Crippen molar-refractivity contribution in [2.75, 3.05) is 24.9 Å². The normalized spacial score (nSPS) is 15.7. The monoisotopic (exact) mass is 434 g/mol. The van der Waals surface area contributed by atoms with E-state index in [4.69, 9.17) is 9.47 Å². The zero-order chi connectivity index (χ0) is 23.3. The first kappa shape index (κ1) is 23.3. The van der Waals surface area contributed by atoms with E-state index >= 15 is 0 Å². The summed E-state index contributed by atoms with van der Waals surface area (Å²) in [5.41, 5.74) is 3.17. The molecule has 0 saturated carbocycles. The topological polar surface area (TPSA) is 76.7 Å². The molecule has 0 fully saturated rings. The number of carbonyl (C=O) groups is 2. The van der Waals surface area contributed by atoms with Crippen LogP contribution in [0.3, 0.4) is 0 Å². The number of amides is 2. The average Bonchev–Trinajstić information content (AvgIpc) is 2.79. The molecule has 0 radical (unpaired) electrons. The van der Waals surface area contributed by atoms with E-state index in [-0.39, 0.29) is 23.3 Å². The van der Waals surface area contributed by atoms with Crippen LogP contribution in [-0.2, 0) is 14.9 Å². The third-order valence-corrected chi connectivity index (χ3v) is 5.36. The molecule has 6 heteroatoms. The van der Waals surface area contributed by atoms with Crippen LogP contribution >= 0.6 is 0 Å². The fourth-order valence-electron chi connectivity index (χ4n) is 3.32. The van der Waals surface area contributed by atoms with Gasteiger partial charge in [-0.15, -0.1) is 0 Å². The SMILES string of the molecule is COc1ccc(NC(=O)c2ccc(C(C)(C)C)cc2)c(NC(=O)C2=CC[C@@H](OC)C=C2)c1. The van der Waals surface area contributed by atoms with E-state index in [1.807, 2.05) is 36.4 Å². The van der Waals surface area contributed by atoms with E-state index in [1.54, 1.807) is 38.5 Å². The lowest BCUT2D eigenvalue weighted by Gasteiger charge is -2.19. The van der Waals surface area contributed by atoms with Gasteiger partial charge in [0.2, 0.25) is 0 Å². The first-order chi connectivity index (χ1) is 15.2. The highest BCUT2D eigenvalue weighted by molar-refractivity contribution is 6.10. The van der Waals surface area contributed by atoms with Crippen molar-refractivity contribution in [2.24, 2.45) is 0 Å². The number of rotatable bonds is 6. The molecule has 2 aromatic carbocycles. The minimum atomic E-state index is -0.269. The van der Waals surface area contributed by atoms with Crippen LogP contribution < -0.4 is 15.4 Å². The van der Waals surface area contributed by atoms with Gasteiger partial charge < -0.3 is 20.1 Å². The number of methoxy groups -OCH3 is 2. The van der Waals surface area contributed by atoms with Crippen LogP contribution in [0.1, 0.15) is 43.1 Å². The Bertz CT molecular complexity index is 1050. The number of ether oxygens (including phenoxy) is 2. The van der Waals surface area contributed by atoms with Crippen LogP contribution in [0.4, 0.5) is 11.4 Å². The molecule has 3 rings (SSSR count). The quantitative estimate of drug-likeness (QED) is 0.664. The van der Waals surface area contributed by atoms with Crippen molar-refractivity contribution in [1.82, 2.24) is 0 Å². The molecule has 0 bridgehead atoms. The summed E-state index contributed by atoms with van der Waals surface area (Å²) in [4.78, 5) is 25.6. The van der Waals surface area contributed by atoms with Gasteiger partial charge in [0.1, 0.15) is 5.75 Å². The summed E-state index contributed by atoms with van der Waals surface area (Å²) in [6.45, 7) is 6.38. The minimum absolute atomic E-state index is 0.00790. The van der Waals surface area contributed by atoms with Crippen LogP contribution in [0, 0.1) is 0 Å². The van der Waals surface area contributed by atoms with Crippen molar-refractivity contribution >= 4 is 23.2 Å². The molecular formula is C26H30N2O4. The molecular weight excluding hydrogens is 404 g/mol. The fraction of sp³-hybridized carbons (Fsp3) is 0.308. The highest BCUT2D eigenvalue weighted by Crippen LogP contribution is 2.29. The predicted molar refractivity (Wildman–Crippen MR) is 127 cm³/mol. The number of hydrogen-bond donors (Lipinski definition) is 2. The van der Waals surface area contributed by atoms with Crippen LogP contribution in [0.15, 0.2) is 66.3 Å². The maximum atomic E-state index is 12.8. The first-order valence-electron chi connectivity index (χ1n) is 10.5. The van der Waals surface area contributed by atoms with Crippen molar-refractivity contribution in [2.45, 2.75) is 38.7 Å². The second-order valence-electron chi connectivity index (χ2n) is 8.68. The molecule has 1 aliphatic rings. The molecule has 168 valence electrons. The molecule has 0 unspecified atom stereocenters. The Morgan fingerprint density at radius 2 is 1.62 bits per heavy atom. The first-order valence-corrected chi connectivity index (χ1v) is 10.5. The van der Waals surface area contributed by atoms with E-state index in [0.29, 0.717) is 34.7 Å². The van der Waals surface area contributed by atoms with Gasteiger partial charge in [0.05, 0.1) is 24.6 Å². The third kappa shape index (κ3) is 5.65. The summed E-state index contributed by atoms with van der Waals surface area (Å²) in [6, 6.07) is 12.7. The summed E-state index contributed by atoms with van der Waals surface area (Å²) in [7, 11) is 3.18. The average molecular weight is 435 g/mol. The Morgan fingerprint density at radius 1 is 0.938 bits per heavy atom. The van der Waals surface area contributed by atoms with E-state index in [1.165, 1.54) is 0 Å². The van der Waals surface area contributed by atoms with Gasteiger partial charge in [-0.1, -0.05) is 51.1 Å². The summed E-state index contributed by atoms with van der Waals surface area (Å²) >= 11 is 0. The molecule has 6 nitrogen and oxygen atoms in total. The fourth-order valence-corrected chi connectivity index (χ4v) is 3.32. The molecule has 2 amide bonds. The molecule has 0 spiro atoms. The van der Waals surface area contributed by atoms with Gasteiger partial charge in [0.15, 0.2) is 0 Å². The zero-order valence-electron chi connectivity index (χ0n) is 19.2. The number of benzene rings is 2. The number of carbonyl (C=O) groups excluding carboxylic acids is 2. The highest BCUT2D eigenvalue weighted by Gasteiger charge is 2.18. The van der Waals surface area contributed by atoms with Gasteiger partial charge in [0, 0.05) is 24.3 Å². The Hall–Kier alpha value is -3.38. The molecule has 0 saturated heterocycles. The van der Waals surface area contributed by atoms with Gasteiger partial charge in [0.25, 0.3) is 11.8 Å². The van der Waals surface area contributed by atoms with Crippen molar-refractivity contribution in [3.8, 4) is 5.75 Å². The number of hydrogen-bond acceptors (Lipinski definition) is 4. The number of anilines is 2. The van der Waals surface area contributed by atoms with E-state index in [2.05, 4.69) is 31.4 Å². The lowest BCUT2D eigenvalue weighted by atomic mass is 9.87. The maximum absolute atomic E-state index is 12.8. The summed E-state index contributed by atoms with van der Waals surface area (Å²) in [5.74, 6) is 0.0420. The zero-order valence-corrected chi connectivity index (χ0v) is 19.2. The molecule has 0 aliphatic heterocycles. The smallest absolute Gasteiger partial charge is 0.255 e. The van der Waals surface area contributed by atoms with Gasteiger partial charge in [-0.25, -0.2) is 0 Å². The van der Waals surface area contributed by atoms with E-state index in [9.17, 15) is 9.59 Å². The van der Waals surface area contributed by atoms with Gasteiger partial charge in [-0.05, 0) is 41.7 Å². The third-order valence-electron chi connectivity index (χ3n) is 5.36. The molecule has 2 aromatic rings. The molecule has 1 aliphatic carbocycles. The second kappa shape index (κ2) is 9.83. The summed E-state index contributed by atoms with van der Waals surface area (Å²) in [6.07, 6.45) is 6.02. The molecule has 2 N–H and O–H groups in total. The lowest BCUT2D eigenvalue weighted by molar-refractivity contribution is -0.112. The lowest BCUT2D eigenvalue weighted by Crippen LogP contribution is -2.19. The van der Waals surface area contributed by atoms with Gasteiger partial charge >= 0.3 is 0 Å². The Balaban J connectivity index is 1.78. The van der Waals surface area contributed by atoms with Crippen molar-refractivity contribution in [3.05, 3.63) is 77.4 Å². The molecule has 0 aromatic heterocycles. The predicted octanol–water partition coefficient (Wildman–Crippen LogP) is 5.08. The summed E-state index contributed by atoms with van der Waals surface area (Å²) in [5, 5.41) is 5.77. The Labute approximate surface area is 189 Å². The highest BCUT2D eigenvalue weighted by atomic mass is 16.5. The van der Waals surface area contributed by atoms with Crippen molar-refractivity contribution < 1.29 is 19.1 Å². The van der Waals surface area contributed by atoms with Crippen LogP contribution in [-0.4, -0.2) is 32.1 Å². The van der Waals surface area contributed by atoms with Crippen molar-refractivity contribution in [1.29, 1.82) is 0 Å². The number of nitrogens with one attached hydrogen (secondary N) is 2. The molecule has 32 heavy (non-hydrogen) atoms. The van der Waals surface area contributed by atoms with Crippen LogP contribution in [0.5, 0.6) is 5.75 Å². The largest absolute Gasteiger partial charge is 0.497 e. The van der Waals surface area contributed by atoms with Crippen LogP contribution in [0.2, 0.25) is 0 Å². The molecule has 0 heterocycles. The second-order valence-corrected chi connectivity index (χ2v) is 8.68. The van der Waals surface area contributed by atoms with E-state index in [0.717, 1.165) is 5.56 Å². The Kier molecular flexibility index (Phi) is 7.15. The van der Waals surface area contributed by atoms with Crippen molar-refractivity contribution in [3.63, 3.8) is 0 Å². The Morgan fingerprint density at radius 3 is 2.19 bits per heavy atom. The standard InChI is InChI=1S/C26H30N2O4/c1-26(2,3)19-10-6-17(7-11-19)24(29)27-22-15-14-21(32-5)16-23(22)28-25(30)18-8-12-20(31-4)13-9-18/h6-12,14-16,20H,13H2,1-5H3,(H,27,29)(H,28,30)/t20-/m0/s1. The van der Waals surface area contributed by atoms with Crippen LogP contribution in [0.25, 0.3) is 0 Å².